The van der Waals surface area contributed by atoms with Crippen LogP contribution < -0.4 is 36.2 Å². The van der Waals surface area contributed by atoms with Crippen LogP contribution >= 0.6 is 23.2 Å². The van der Waals surface area contributed by atoms with Gasteiger partial charge in [-0.2, -0.15) is 0 Å². The number of carbonyl (C=O) groups is 6. The number of urea groups is 2. The number of pyridine rings is 2. The standard InChI is InChI=1S/C36H37ClN6O10.C27H27ClN6O9/c1-4-35(50)26(18-52-36(32(45)46,33(47)48)16-21-7-10-23(11-8-21)42-13-5-12-38-34(42)49)53-31(29(35)44)43-19-40-28-24(15-27(37)41-30(28)43)39-17-22-9-6-20(2)14-25(22)51-3;1-2-26(41)17(43-22(20(26)35)34-13-31-19-16(29)10-18(28)32-21(19)34)12-42-27(23(36)37,24(38)39)11-14-4-6-15(7-5-14)33-9-3-8-30-25(33)40/h1,6-11,14-15,19,26,29,31,44,50H,5,12-13,16-18H2,2-3H3,(H,38,49)(H,39,41)(H,45,46)(H,47,48);1,4-7,10,13,17,20,22,35,41H,3,8-9,11-12H2,(H2,29,32)(H,30,40)(H,36,37)(H,38,39)/t26-,29+,31-,35-;17-,20+,22-,26-/m11/s1. The molecule has 3 aromatic carbocycles. The van der Waals surface area contributed by atoms with Gasteiger partial charge in [0.2, 0.25) is 0 Å². The fourth-order valence-electron chi connectivity index (χ4n) is 11.5. The van der Waals surface area contributed by atoms with Gasteiger partial charge in [-0.3, -0.25) is 18.9 Å². The SMILES string of the molecule is C#C[C@@]1(O)[C@@H](COC(Cc2ccc(N3CCCNC3=O)cc2)(C(=O)O)C(=O)O)O[C@@H](n2cnc3c(N)cc(Cl)nc32)[C@@H]1O.C#C[C@@]1(O)[C@@H](COC(Cc2ccc(N3CCCNC3=O)cc2)(C(=O)O)C(=O)O)O[C@@H](n2cnc3c(NCc4ccc(C)cc4OC)cc(Cl)nc32)[C@@H]1O. The van der Waals surface area contributed by atoms with Crippen LogP contribution in [0.2, 0.25) is 10.3 Å². The van der Waals surface area contributed by atoms with Crippen LogP contribution in [0.3, 0.4) is 0 Å². The Morgan fingerprint density at radius 1 is 0.698 bits per heavy atom. The number of aliphatic hydroxyl groups excluding tert-OH is 2. The maximum atomic E-state index is 12.6. The molecule has 0 bridgehead atoms. The molecule has 4 saturated heterocycles. The minimum absolute atomic E-state index is 0.0197. The number of halogens is 2. The van der Waals surface area contributed by atoms with Crippen LogP contribution in [0.5, 0.6) is 5.75 Å². The summed E-state index contributed by atoms with van der Waals surface area (Å²) >= 11 is 12.4. The molecule has 33 heteroatoms. The molecule has 8 heterocycles. The van der Waals surface area contributed by atoms with Crippen molar-refractivity contribution in [2.45, 2.75) is 98.4 Å². The highest BCUT2D eigenvalue weighted by Gasteiger charge is 2.60. The molecular weight excluding hydrogens is 1300 g/mol. The predicted molar refractivity (Wildman–Crippen MR) is 341 cm³/mol. The molecule has 0 radical (unpaired) electrons. The molecule has 4 fully saturated rings. The number of nitrogens with one attached hydrogen (secondary N) is 3. The molecule has 504 valence electrons. The van der Waals surface area contributed by atoms with E-state index in [1.165, 1.54) is 61.9 Å². The van der Waals surface area contributed by atoms with Crippen molar-refractivity contribution in [3.05, 3.63) is 124 Å². The van der Waals surface area contributed by atoms with Crippen molar-refractivity contribution in [3.63, 3.8) is 0 Å². The van der Waals surface area contributed by atoms with Crippen LogP contribution in [-0.4, -0.2) is 199 Å². The second kappa shape index (κ2) is 27.8. The molecule has 96 heavy (non-hydrogen) atoms. The number of fused-ring (bicyclic) bond motifs is 2. The van der Waals surface area contributed by atoms with Crippen LogP contribution in [0.1, 0.15) is 47.6 Å². The fourth-order valence-corrected chi connectivity index (χ4v) is 11.9. The number of methoxy groups -OCH3 is 1. The summed E-state index contributed by atoms with van der Waals surface area (Å²) in [4.78, 5) is 94.4. The molecule has 4 aliphatic rings. The number of aliphatic hydroxyl groups is 4. The third kappa shape index (κ3) is 13.2. The van der Waals surface area contributed by atoms with Gasteiger partial charge in [0.1, 0.15) is 51.5 Å². The van der Waals surface area contributed by atoms with Gasteiger partial charge in [-0.25, -0.2) is 48.7 Å². The van der Waals surface area contributed by atoms with E-state index in [2.05, 4.69) is 47.7 Å². The van der Waals surface area contributed by atoms with Crippen molar-refractivity contribution >= 4 is 104 Å². The normalized spacial score (nSPS) is 22.7. The summed E-state index contributed by atoms with van der Waals surface area (Å²) in [7, 11) is 1.57. The summed E-state index contributed by atoms with van der Waals surface area (Å²) in [6.07, 6.45) is 4.25. The van der Waals surface area contributed by atoms with E-state index in [1.807, 2.05) is 25.1 Å². The van der Waals surface area contributed by atoms with Crippen LogP contribution in [0, 0.1) is 31.6 Å². The van der Waals surface area contributed by atoms with Crippen molar-refractivity contribution in [3.8, 4) is 30.4 Å². The number of aryl methyl sites for hydroxylation is 1. The molecule has 31 nitrogen and oxygen atoms in total. The fraction of sp³-hybridized carbons (Fsp3) is 0.365. The molecule has 8 atom stereocenters. The summed E-state index contributed by atoms with van der Waals surface area (Å²) < 4.78 is 30.9. The maximum absolute atomic E-state index is 12.6. The van der Waals surface area contributed by atoms with Crippen molar-refractivity contribution in [1.82, 2.24) is 39.7 Å². The molecular formula is C63H64Cl2N12O19. The van der Waals surface area contributed by atoms with Crippen LogP contribution in [-0.2, 0) is 57.5 Å². The van der Waals surface area contributed by atoms with E-state index in [4.69, 9.17) is 65.5 Å². The lowest BCUT2D eigenvalue weighted by Gasteiger charge is -2.30. The van der Waals surface area contributed by atoms with Gasteiger partial charge in [-0.05, 0) is 66.8 Å². The topological polar surface area (TPSA) is 440 Å². The summed E-state index contributed by atoms with van der Waals surface area (Å²) in [5, 5.41) is 94.3. The number of amides is 4. The van der Waals surface area contributed by atoms with E-state index in [0.29, 0.717) is 61.1 Å². The number of imidazole rings is 2. The zero-order chi connectivity index (χ0) is 69.2. The molecule has 4 aliphatic heterocycles. The molecule has 4 amide bonds. The molecule has 0 saturated carbocycles. The Bertz CT molecular complexity index is 4210. The molecule has 0 aliphatic carbocycles. The van der Waals surface area contributed by atoms with Gasteiger partial charge in [0.05, 0.1) is 44.4 Å². The average Bonchev–Trinajstić information content (AvgIpc) is 1.59. The smallest absolute Gasteiger partial charge is 0.348 e. The molecule has 11 rings (SSSR count). The molecule has 7 aromatic rings. The first-order chi connectivity index (χ1) is 45.7. The minimum Gasteiger partial charge on any atom is -0.496 e. The van der Waals surface area contributed by atoms with Gasteiger partial charge in [-0.15, -0.1) is 12.8 Å². The Hall–Kier alpha value is -9.90. The van der Waals surface area contributed by atoms with E-state index in [1.54, 1.807) is 37.4 Å². The highest BCUT2D eigenvalue weighted by molar-refractivity contribution is 6.30. The monoisotopic (exact) mass is 1360 g/mol. The Morgan fingerprint density at radius 3 is 1.56 bits per heavy atom. The van der Waals surface area contributed by atoms with Gasteiger partial charge in [0.15, 0.2) is 35.0 Å². The predicted octanol–water partition coefficient (Wildman–Crippen LogP) is 3.10. The number of terminal acetylenes is 2. The van der Waals surface area contributed by atoms with Crippen molar-refractivity contribution < 1.29 is 93.3 Å². The van der Waals surface area contributed by atoms with E-state index in [0.717, 1.165) is 24.0 Å². The first-order valence-corrected chi connectivity index (χ1v) is 30.2. The first kappa shape index (κ1) is 68.9. The number of benzene rings is 3. The van der Waals surface area contributed by atoms with Crippen molar-refractivity contribution in [2.24, 2.45) is 0 Å². The molecule has 13 N–H and O–H groups in total. The number of nitrogens with zero attached hydrogens (tertiary/aromatic N) is 8. The van der Waals surface area contributed by atoms with Gasteiger partial charge in [-0.1, -0.05) is 71.4 Å². The quantitative estimate of drug-likeness (QED) is 0.0263. The summed E-state index contributed by atoms with van der Waals surface area (Å²) in [6, 6.07) is 20.4. The number of ether oxygens (including phenoxy) is 5. The first-order valence-electron chi connectivity index (χ1n) is 29.5. The zero-order valence-electron chi connectivity index (χ0n) is 51.0. The lowest BCUT2D eigenvalue weighted by Crippen LogP contribution is -2.55. The van der Waals surface area contributed by atoms with Gasteiger partial charge in [0, 0.05) is 74.6 Å². The minimum atomic E-state index is -2.86. The summed E-state index contributed by atoms with van der Waals surface area (Å²) in [6.45, 7) is 2.65. The Morgan fingerprint density at radius 2 is 1.14 bits per heavy atom. The van der Waals surface area contributed by atoms with Crippen molar-refractivity contribution in [2.75, 3.05) is 67.4 Å². The van der Waals surface area contributed by atoms with Gasteiger partial charge >= 0.3 is 35.9 Å². The van der Waals surface area contributed by atoms with E-state index < -0.39 is 109 Å². The number of carbonyl (C=O) groups excluding carboxylic acids is 2. The Labute approximate surface area is 555 Å². The largest absolute Gasteiger partial charge is 0.496 e. The molecule has 0 unspecified atom stereocenters. The lowest BCUT2D eigenvalue weighted by molar-refractivity contribution is -0.192. The van der Waals surface area contributed by atoms with Gasteiger partial charge in [0.25, 0.3) is 11.2 Å². The second-order valence-electron chi connectivity index (χ2n) is 22.9. The van der Waals surface area contributed by atoms with Crippen molar-refractivity contribution in [1.29, 1.82) is 0 Å². The van der Waals surface area contributed by atoms with Crippen LogP contribution in [0.25, 0.3) is 22.3 Å². The molecule has 4 aromatic heterocycles. The number of aliphatic carboxylic acids is 4. The number of carboxylic acids is 4. The Kier molecular flexibility index (Phi) is 20.0. The van der Waals surface area contributed by atoms with Crippen LogP contribution in [0.4, 0.5) is 32.3 Å². The maximum Gasteiger partial charge on any atom is 0.348 e. The zero-order valence-corrected chi connectivity index (χ0v) is 52.5. The van der Waals surface area contributed by atoms with E-state index in [-0.39, 0.29) is 56.0 Å². The third-order valence-electron chi connectivity index (χ3n) is 16.9. The number of aromatic nitrogens is 6. The summed E-state index contributed by atoms with van der Waals surface area (Å²) in [5.41, 5.74) is 0.339. The number of anilines is 4. The van der Waals surface area contributed by atoms with E-state index >= 15 is 0 Å². The highest BCUT2D eigenvalue weighted by atomic mass is 35.5. The Balaban J connectivity index is 0.000000213. The third-order valence-corrected chi connectivity index (χ3v) is 17.3. The molecule has 0 spiro atoms. The number of nitrogen functional groups attached to an aromatic ring is 1. The number of rotatable bonds is 22. The van der Waals surface area contributed by atoms with Crippen LogP contribution in [0.15, 0.2) is 91.5 Å². The second-order valence-corrected chi connectivity index (χ2v) is 23.6. The summed E-state index contributed by atoms with van der Waals surface area (Å²) in [5.74, 6) is -2.47. The van der Waals surface area contributed by atoms with E-state index in [9.17, 15) is 69.6 Å². The number of hydrogen-bond acceptors (Lipinski definition) is 21. The highest BCUT2D eigenvalue weighted by Crippen LogP contribution is 2.42. The number of hydrogen-bond donors (Lipinski definition) is 12. The number of nitrogens with two attached hydrogens (primary N) is 1. The lowest BCUT2D eigenvalue weighted by atomic mass is 9.91. The average molecular weight is 1360 g/mol. The number of carboxylic acid groups (broad SMARTS) is 4. The van der Waals surface area contributed by atoms with Gasteiger partial charge < -0.3 is 86.2 Å².